The number of carbonyl (C=O) groups is 2. The molecular formula is C28H31F2N5O4. The van der Waals surface area contributed by atoms with E-state index < -0.39 is 6.43 Å². The molecule has 1 aliphatic heterocycles. The number of aromatic amines is 1. The Labute approximate surface area is 224 Å². The van der Waals surface area contributed by atoms with E-state index in [-0.39, 0.29) is 35.4 Å². The van der Waals surface area contributed by atoms with Crippen LogP contribution in [0.4, 0.5) is 8.78 Å². The zero-order valence-electron chi connectivity index (χ0n) is 21.9. The summed E-state index contributed by atoms with van der Waals surface area (Å²) in [5, 5.41) is 3.15. The summed E-state index contributed by atoms with van der Waals surface area (Å²) in [7, 11) is 1.49. The number of likely N-dealkylation sites (tertiary alicyclic amines) is 1. The highest BCUT2D eigenvalue weighted by atomic mass is 19.3. The summed E-state index contributed by atoms with van der Waals surface area (Å²) in [6.07, 6.45) is 2.76. The number of methoxy groups -OCH3 is 1. The molecule has 2 N–H and O–H groups in total. The lowest BCUT2D eigenvalue weighted by molar-refractivity contribution is -0.134. The monoisotopic (exact) mass is 539 g/mol. The topological polar surface area (TPSA) is 109 Å². The Morgan fingerprint density at radius 3 is 2.74 bits per heavy atom. The van der Waals surface area contributed by atoms with Gasteiger partial charge in [0, 0.05) is 42.4 Å². The van der Waals surface area contributed by atoms with E-state index in [0.717, 1.165) is 25.7 Å². The van der Waals surface area contributed by atoms with Crippen LogP contribution in [0.3, 0.4) is 0 Å². The summed E-state index contributed by atoms with van der Waals surface area (Å²) in [4.78, 5) is 39.8. The van der Waals surface area contributed by atoms with Crippen molar-refractivity contribution in [3.63, 3.8) is 0 Å². The number of H-pyrrole nitrogens is 1. The van der Waals surface area contributed by atoms with Gasteiger partial charge in [0.1, 0.15) is 29.9 Å². The van der Waals surface area contributed by atoms with Gasteiger partial charge in [-0.1, -0.05) is 0 Å². The van der Waals surface area contributed by atoms with Crippen LogP contribution in [-0.2, 0) is 9.53 Å². The number of nitrogens with zero attached hydrogens (tertiary/aromatic N) is 3. The van der Waals surface area contributed by atoms with Gasteiger partial charge in [-0.3, -0.25) is 9.59 Å². The third-order valence-electron chi connectivity index (χ3n) is 8.15. The van der Waals surface area contributed by atoms with Crippen molar-refractivity contribution in [2.24, 2.45) is 11.3 Å². The molecule has 9 nitrogen and oxygen atoms in total. The van der Waals surface area contributed by atoms with Crippen molar-refractivity contribution in [3.05, 3.63) is 41.3 Å². The molecule has 2 aromatic heterocycles. The van der Waals surface area contributed by atoms with Gasteiger partial charge in [-0.15, -0.1) is 0 Å². The van der Waals surface area contributed by atoms with Gasteiger partial charge < -0.3 is 24.7 Å². The summed E-state index contributed by atoms with van der Waals surface area (Å²) < 4.78 is 38.3. The fourth-order valence-electron chi connectivity index (χ4n) is 5.56. The van der Waals surface area contributed by atoms with Gasteiger partial charge in [0.05, 0.1) is 23.7 Å². The zero-order valence-corrected chi connectivity index (χ0v) is 21.9. The van der Waals surface area contributed by atoms with Crippen molar-refractivity contribution in [1.29, 1.82) is 0 Å². The average Bonchev–Trinajstić information content (AvgIpc) is 3.82. The molecule has 39 heavy (non-hydrogen) atoms. The number of nitrogens with one attached hydrogen (secondary N) is 2. The molecular weight excluding hydrogens is 508 g/mol. The van der Waals surface area contributed by atoms with Gasteiger partial charge in [0.2, 0.25) is 5.91 Å². The maximum absolute atomic E-state index is 13.6. The quantitative estimate of drug-likeness (QED) is 0.425. The minimum absolute atomic E-state index is 0.0110. The number of rotatable bonds is 9. The number of hydrogen-bond donors (Lipinski definition) is 2. The molecule has 2 aliphatic carbocycles. The lowest BCUT2D eigenvalue weighted by Crippen LogP contribution is -2.42. The van der Waals surface area contributed by atoms with Gasteiger partial charge in [-0.05, 0) is 56.7 Å². The van der Waals surface area contributed by atoms with Crippen LogP contribution in [0.1, 0.15) is 53.7 Å². The first kappa shape index (κ1) is 25.7. The summed E-state index contributed by atoms with van der Waals surface area (Å²) in [5.41, 5.74) is 2.41. The maximum atomic E-state index is 13.6. The van der Waals surface area contributed by atoms with Crippen LogP contribution in [-0.4, -0.2) is 71.1 Å². The van der Waals surface area contributed by atoms with Crippen molar-refractivity contribution in [2.75, 3.05) is 33.4 Å². The minimum atomic E-state index is -2.65. The SMILES string of the molecule is COCC(=O)N1CC(NC(=O)c2c(C)[nH]c3c(-c4cc(C(F)F)ccc4OCC4CC4)ncnc23)C2(CC2)C1. The van der Waals surface area contributed by atoms with Crippen molar-refractivity contribution in [2.45, 2.75) is 45.1 Å². The third kappa shape index (κ3) is 4.84. The number of benzene rings is 1. The highest BCUT2D eigenvalue weighted by molar-refractivity contribution is 6.09. The van der Waals surface area contributed by atoms with Gasteiger partial charge in [0.15, 0.2) is 0 Å². The molecule has 6 rings (SSSR count). The number of aromatic nitrogens is 3. The first-order chi connectivity index (χ1) is 18.8. The number of aryl methyl sites for hydroxylation is 1. The van der Waals surface area contributed by atoms with Gasteiger partial charge in [-0.2, -0.15) is 0 Å². The van der Waals surface area contributed by atoms with Gasteiger partial charge in [0.25, 0.3) is 12.3 Å². The highest BCUT2D eigenvalue weighted by Crippen LogP contribution is 2.53. The zero-order chi connectivity index (χ0) is 27.3. The Kier molecular flexibility index (Phi) is 6.49. The van der Waals surface area contributed by atoms with Gasteiger partial charge in [-0.25, -0.2) is 18.7 Å². The number of carbonyl (C=O) groups excluding carboxylic acids is 2. The second-order valence-electron chi connectivity index (χ2n) is 11.0. The van der Waals surface area contributed by atoms with E-state index in [0.29, 0.717) is 64.9 Å². The number of fused-ring (bicyclic) bond motifs is 1. The standard InChI is InChI=1S/C28H31F2N5O4/c1-15-22(27(37)34-20-10-35(21(36)12-38-2)13-28(20)7-8-28)24-25(33-15)23(31-14-32-24)18-9-17(26(29)30)5-6-19(18)39-11-16-3-4-16/h5-6,9,14,16,20,26,33H,3-4,7-8,10-13H2,1-2H3,(H,34,37). The van der Waals surface area contributed by atoms with Crippen molar-refractivity contribution < 1.29 is 27.8 Å². The van der Waals surface area contributed by atoms with Crippen LogP contribution >= 0.6 is 0 Å². The molecule has 1 unspecified atom stereocenters. The fourth-order valence-corrected chi connectivity index (χ4v) is 5.56. The molecule has 3 heterocycles. The second-order valence-corrected chi connectivity index (χ2v) is 11.0. The summed E-state index contributed by atoms with van der Waals surface area (Å²) in [6, 6.07) is 4.14. The Bertz CT molecular complexity index is 1430. The van der Waals surface area contributed by atoms with E-state index in [4.69, 9.17) is 9.47 Å². The number of amides is 2. The number of hydrogen-bond acceptors (Lipinski definition) is 6. The maximum Gasteiger partial charge on any atom is 0.263 e. The van der Waals surface area contributed by atoms with Crippen LogP contribution in [0.5, 0.6) is 5.75 Å². The highest BCUT2D eigenvalue weighted by Gasteiger charge is 2.56. The number of halogens is 2. The minimum Gasteiger partial charge on any atom is -0.493 e. The van der Waals surface area contributed by atoms with E-state index >= 15 is 0 Å². The molecule has 0 bridgehead atoms. The molecule has 3 aromatic rings. The Morgan fingerprint density at radius 1 is 1.26 bits per heavy atom. The summed E-state index contributed by atoms with van der Waals surface area (Å²) >= 11 is 0. The normalized spacial score (nSPS) is 19.7. The molecule has 11 heteroatoms. The summed E-state index contributed by atoms with van der Waals surface area (Å²) in [6.45, 7) is 3.33. The second kappa shape index (κ2) is 9.86. The van der Waals surface area contributed by atoms with E-state index in [1.165, 1.54) is 25.6 Å². The van der Waals surface area contributed by atoms with E-state index in [1.54, 1.807) is 17.9 Å². The van der Waals surface area contributed by atoms with Crippen molar-refractivity contribution in [1.82, 2.24) is 25.2 Å². The molecule has 1 saturated heterocycles. The lowest BCUT2D eigenvalue weighted by Gasteiger charge is -2.18. The Hall–Kier alpha value is -3.60. The third-order valence-corrected chi connectivity index (χ3v) is 8.15. The molecule has 2 amide bonds. The summed E-state index contributed by atoms with van der Waals surface area (Å²) in [5.74, 6) is 0.554. The van der Waals surface area contributed by atoms with Crippen LogP contribution in [0.15, 0.2) is 24.5 Å². The predicted octanol–water partition coefficient (Wildman–Crippen LogP) is 4.03. The lowest BCUT2D eigenvalue weighted by atomic mass is 10.00. The van der Waals surface area contributed by atoms with Gasteiger partial charge >= 0.3 is 0 Å². The molecule has 206 valence electrons. The predicted molar refractivity (Wildman–Crippen MR) is 139 cm³/mol. The molecule has 0 radical (unpaired) electrons. The van der Waals surface area contributed by atoms with Crippen molar-refractivity contribution >= 4 is 22.8 Å². The molecule has 3 fully saturated rings. The van der Waals surface area contributed by atoms with Crippen LogP contribution in [0.25, 0.3) is 22.3 Å². The van der Waals surface area contributed by atoms with Crippen LogP contribution in [0, 0.1) is 18.3 Å². The molecule has 1 atom stereocenters. The first-order valence-electron chi connectivity index (χ1n) is 13.3. The smallest absolute Gasteiger partial charge is 0.263 e. The van der Waals surface area contributed by atoms with Crippen LogP contribution < -0.4 is 10.1 Å². The molecule has 2 saturated carbocycles. The molecule has 3 aliphatic rings. The average molecular weight is 540 g/mol. The Balaban J connectivity index is 1.32. The Morgan fingerprint density at radius 2 is 2.05 bits per heavy atom. The van der Waals surface area contributed by atoms with E-state index in [9.17, 15) is 18.4 Å². The molecule has 1 aromatic carbocycles. The van der Waals surface area contributed by atoms with E-state index in [1.807, 2.05) is 0 Å². The fraction of sp³-hybridized carbons (Fsp3) is 0.500. The van der Waals surface area contributed by atoms with Crippen LogP contribution in [0.2, 0.25) is 0 Å². The van der Waals surface area contributed by atoms with E-state index in [2.05, 4.69) is 20.3 Å². The number of alkyl halides is 2. The number of ether oxygens (including phenoxy) is 2. The first-order valence-corrected chi connectivity index (χ1v) is 13.3. The van der Waals surface area contributed by atoms with Crippen molar-refractivity contribution in [3.8, 4) is 17.0 Å². The largest absolute Gasteiger partial charge is 0.493 e. The molecule has 1 spiro atoms.